The summed E-state index contributed by atoms with van der Waals surface area (Å²) in [6, 6.07) is 6.58. The van der Waals surface area contributed by atoms with Crippen molar-refractivity contribution < 1.29 is 19.1 Å². The molecule has 3 heterocycles. The van der Waals surface area contributed by atoms with E-state index in [9.17, 15) is 19.2 Å². The fourth-order valence-electron chi connectivity index (χ4n) is 2.89. The largest absolute Gasteiger partial charge is 0.458 e. The van der Waals surface area contributed by atoms with E-state index in [1.807, 2.05) is 0 Å². The molecule has 0 fully saturated rings. The van der Waals surface area contributed by atoms with E-state index in [0.717, 1.165) is 4.90 Å². The van der Waals surface area contributed by atoms with Crippen LogP contribution in [0.5, 0.6) is 0 Å². The summed E-state index contributed by atoms with van der Waals surface area (Å²) in [5.41, 5.74) is 0.547. The van der Waals surface area contributed by atoms with Crippen LogP contribution in [0.1, 0.15) is 33.3 Å². The summed E-state index contributed by atoms with van der Waals surface area (Å²) >= 11 is 1.28. The van der Waals surface area contributed by atoms with Crippen molar-refractivity contribution in [1.82, 2.24) is 14.3 Å². The summed E-state index contributed by atoms with van der Waals surface area (Å²) < 4.78 is 6.57. The highest BCUT2D eigenvalue weighted by atomic mass is 32.1. The van der Waals surface area contributed by atoms with Crippen LogP contribution in [0.3, 0.4) is 0 Å². The van der Waals surface area contributed by atoms with E-state index < -0.39 is 23.8 Å². The third-order valence-corrected chi connectivity index (χ3v) is 5.03. The molecule has 9 heteroatoms. The Labute approximate surface area is 156 Å². The van der Waals surface area contributed by atoms with Crippen molar-refractivity contribution in [3.05, 3.63) is 69.1 Å². The molecule has 3 aromatic rings. The number of nitrogens with zero attached hydrogens (tertiary/aromatic N) is 3. The quantitative estimate of drug-likeness (QED) is 0.500. The van der Waals surface area contributed by atoms with Crippen LogP contribution < -0.4 is 5.56 Å². The fourth-order valence-corrected chi connectivity index (χ4v) is 3.63. The van der Waals surface area contributed by atoms with Crippen LogP contribution in [0.4, 0.5) is 0 Å². The first-order valence-corrected chi connectivity index (χ1v) is 8.94. The zero-order valence-corrected chi connectivity index (χ0v) is 14.9. The summed E-state index contributed by atoms with van der Waals surface area (Å²) in [6.45, 7) is 1.20. The zero-order valence-electron chi connectivity index (χ0n) is 14.1. The first kappa shape index (κ1) is 17.1. The molecule has 0 saturated heterocycles. The van der Waals surface area contributed by atoms with Gasteiger partial charge in [0.1, 0.15) is 12.6 Å². The third-order valence-electron chi connectivity index (χ3n) is 4.27. The molecule has 1 aliphatic rings. The Balaban J connectivity index is 1.49. The van der Waals surface area contributed by atoms with Crippen molar-refractivity contribution in [3.63, 3.8) is 0 Å². The molecule has 0 aliphatic carbocycles. The topological polar surface area (TPSA) is 98.1 Å². The molecular weight excluding hydrogens is 370 g/mol. The van der Waals surface area contributed by atoms with E-state index in [0.29, 0.717) is 10.7 Å². The second kappa shape index (κ2) is 6.44. The lowest BCUT2D eigenvalue weighted by molar-refractivity contribution is -0.149. The zero-order chi connectivity index (χ0) is 19.1. The van der Waals surface area contributed by atoms with E-state index in [1.54, 1.807) is 35.8 Å². The fraction of sp³-hybridized carbons (Fsp3) is 0.167. The van der Waals surface area contributed by atoms with Crippen LogP contribution in [0, 0.1) is 0 Å². The molecular formula is C18H13N3O5S. The van der Waals surface area contributed by atoms with E-state index >= 15 is 0 Å². The summed E-state index contributed by atoms with van der Waals surface area (Å²) in [5, 5.41) is 1.73. The van der Waals surface area contributed by atoms with Crippen LogP contribution >= 0.6 is 11.3 Å². The Morgan fingerprint density at radius 3 is 2.52 bits per heavy atom. The molecule has 2 aromatic heterocycles. The first-order chi connectivity index (χ1) is 13.0. The molecule has 1 unspecified atom stereocenters. The molecule has 136 valence electrons. The van der Waals surface area contributed by atoms with Gasteiger partial charge in [-0.15, -0.1) is 11.3 Å². The lowest BCUT2D eigenvalue weighted by Gasteiger charge is -2.20. The van der Waals surface area contributed by atoms with Gasteiger partial charge in [0.2, 0.25) is 0 Å². The molecule has 0 spiro atoms. The number of ether oxygens (including phenoxy) is 1. The second-order valence-corrected chi connectivity index (χ2v) is 6.82. The molecule has 0 saturated carbocycles. The van der Waals surface area contributed by atoms with Crippen molar-refractivity contribution in [2.75, 3.05) is 0 Å². The number of aromatic nitrogens is 2. The maximum atomic E-state index is 12.4. The average molecular weight is 383 g/mol. The highest BCUT2D eigenvalue weighted by Crippen LogP contribution is 2.24. The third kappa shape index (κ3) is 2.81. The van der Waals surface area contributed by atoms with Crippen molar-refractivity contribution in [2.24, 2.45) is 0 Å². The minimum Gasteiger partial charge on any atom is -0.458 e. The number of amides is 2. The summed E-state index contributed by atoms with van der Waals surface area (Å²) in [6.07, 6.45) is 1.61. The number of imide groups is 1. The Kier molecular flexibility index (Phi) is 4.08. The summed E-state index contributed by atoms with van der Waals surface area (Å²) in [5.74, 6) is -1.81. The molecule has 4 rings (SSSR count). The molecule has 27 heavy (non-hydrogen) atoms. The van der Waals surface area contributed by atoms with Gasteiger partial charge in [-0.25, -0.2) is 9.78 Å². The van der Waals surface area contributed by atoms with E-state index in [-0.39, 0.29) is 23.3 Å². The summed E-state index contributed by atoms with van der Waals surface area (Å²) in [7, 11) is 0. The minimum absolute atomic E-state index is 0.226. The average Bonchev–Trinajstić information content (AvgIpc) is 3.23. The molecule has 0 bridgehead atoms. The standard InChI is InChI=1S/C18H13N3O5S/c1-10(21-15(23)12-4-2-3-5-13(12)16(21)24)17(25)26-9-11-8-14(22)20-6-7-27-18(20)19-11/h2-8,10H,9H2,1H3. The predicted octanol–water partition coefficient (Wildman–Crippen LogP) is 1.48. The van der Waals surface area contributed by atoms with E-state index in [2.05, 4.69) is 4.98 Å². The molecule has 2 amide bonds. The number of fused-ring (bicyclic) bond motifs is 2. The number of hydrogen-bond donors (Lipinski definition) is 0. The van der Waals surface area contributed by atoms with Gasteiger partial charge in [-0.1, -0.05) is 12.1 Å². The number of benzene rings is 1. The molecule has 1 aromatic carbocycles. The Morgan fingerprint density at radius 2 is 1.85 bits per heavy atom. The van der Waals surface area contributed by atoms with Gasteiger partial charge < -0.3 is 4.74 Å². The Morgan fingerprint density at radius 1 is 1.19 bits per heavy atom. The first-order valence-electron chi connectivity index (χ1n) is 8.06. The van der Waals surface area contributed by atoms with Gasteiger partial charge in [0.05, 0.1) is 16.8 Å². The lowest BCUT2D eigenvalue weighted by Crippen LogP contribution is -2.43. The second-order valence-electron chi connectivity index (χ2n) is 5.95. The van der Waals surface area contributed by atoms with Gasteiger partial charge in [-0.05, 0) is 19.1 Å². The summed E-state index contributed by atoms with van der Waals surface area (Å²) in [4.78, 5) is 54.8. The highest BCUT2D eigenvalue weighted by molar-refractivity contribution is 7.15. The van der Waals surface area contributed by atoms with Crippen molar-refractivity contribution in [1.29, 1.82) is 0 Å². The van der Waals surface area contributed by atoms with Crippen molar-refractivity contribution in [2.45, 2.75) is 19.6 Å². The predicted molar refractivity (Wildman–Crippen MR) is 95.5 cm³/mol. The van der Waals surface area contributed by atoms with Crippen LogP contribution in [0.25, 0.3) is 4.96 Å². The number of thiazole rings is 1. The number of esters is 1. The van der Waals surface area contributed by atoms with Crippen molar-refractivity contribution in [3.8, 4) is 0 Å². The van der Waals surface area contributed by atoms with Gasteiger partial charge in [0.25, 0.3) is 17.4 Å². The molecule has 1 aliphatic heterocycles. The van der Waals surface area contributed by atoms with Gasteiger partial charge >= 0.3 is 5.97 Å². The molecule has 8 nitrogen and oxygen atoms in total. The highest BCUT2D eigenvalue weighted by Gasteiger charge is 2.41. The van der Waals surface area contributed by atoms with E-state index in [1.165, 1.54) is 28.7 Å². The van der Waals surface area contributed by atoms with Crippen molar-refractivity contribution >= 4 is 34.1 Å². The number of hydrogen-bond acceptors (Lipinski definition) is 7. The van der Waals surface area contributed by atoms with Gasteiger partial charge in [0, 0.05) is 17.6 Å². The smallest absolute Gasteiger partial charge is 0.329 e. The molecule has 1 atom stereocenters. The maximum Gasteiger partial charge on any atom is 0.329 e. The van der Waals surface area contributed by atoms with Crippen LogP contribution in [0.15, 0.2) is 46.7 Å². The van der Waals surface area contributed by atoms with Crippen LogP contribution in [-0.2, 0) is 16.1 Å². The number of rotatable bonds is 4. The van der Waals surface area contributed by atoms with Gasteiger partial charge in [-0.3, -0.25) is 23.7 Å². The maximum absolute atomic E-state index is 12.4. The Bertz CT molecular complexity index is 1110. The molecule has 0 N–H and O–H groups in total. The number of carbonyl (C=O) groups excluding carboxylic acids is 3. The van der Waals surface area contributed by atoms with Gasteiger partial charge in [0.15, 0.2) is 4.96 Å². The normalized spacial score (nSPS) is 14.5. The van der Waals surface area contributed by atoms with Crippen LogP contribution in [-0.4, -0.2) is 38.1 Å². The van der Waals surface area contributed by atoms with E-state index in [4.69, 9.17) is 4.74 Å². The van der Waals surface area contributed by atoms with Crippen LogP contribution in [0.2, 0.25) is 0 Å². The number of carbonyl (C=O) groups is 3. The SMILES string of the molecule is CC(C(=O)OCc1cc(=O)n2ccsc2n1)N1C(=O)c2ccccc2C1=O. The molecule has 0 radical (unpaired) electrons. The monoisotopic (exact) mass is 383 g/mol. The Hall–Kier alpha value is -3.33. The lowest BCUT2D eigenvalue weighted by atomic mass is 10.1. The van der Waals surface area contributed by atoms with Gasteiger partial charge in [-0.2, -0.15) is 0 Å². The minimum atomic E-state index is -1.09.